The van der Waals surface area contributed by atoms with Crippen LogP contribution in [-0.2, 0) is 0 Å². The Balaban J connectivity index is 2.96. The van der Waals surface area contributed by atoms with E-state index >= 15 is 0 Å². The van der Waals surface area contributed by atoms with Crippen LogP contribution in [0.3, 0.4) is 0 Å². The Labute approximate surface area is 87.7 Å². The Morgan fingerprint density at radius 2 is 1.93 bits per heavy atom. The largest absolute Gasteiger partial charge is 0.396 e. The number of carbonyl (C=O) groups is 1. The quantitative estimate of drug-likeness (QED) is 0.570. The summed E-state index contributed by atoms with van der Waals surface area (Å²) in [5.74, 6) is -2.04. The van der Waals surface area contributed by atoms with Crippen molar-refractivity contribution < 1.29 is 22.4 Å². The fourth-order valence-corrected chi connectivity index (χ4v) is 1.21. The summed E-state index contributed by atoms with van der Waals surface area (Å²) >= 11 is 5.47. The van der Waals surface area contributed by atoms with Crippen molar-refractivity contribution in [1.82, 2.24) is 0 Å². The van der Waals surface area contributed by atoms with Gasteiger partial charge in [0.1, 0.15) is 12.2 Å². The van der Waals surface area contributed by atoms with Crippen LogP contribution < -0.4 is 0 Å². The van der Waals surface area contributed by atoms with Crippen molar-refractivity contribution in [2.75, 3.05) is 0 Å². The van der Waals surface area contributed by atoms with Crippen molar-refractivity contribution in [3.05, 3.63) is 34.6 Å². The average Bonchev–Trinajstić information content (AvgIpc) is 2.06. The number of hydrogen-bond donors (Lipinski definition) is 0. The molecule has 0 saturated carbocycles. The molecule has 0 aliphatic carbocycles. The maximum Gasteiger partial charge on any atom is 0.396 e. The molecule has 15 heavy (non-hydrogen) atoms. The Bertz CT molecular complexity index is 386. The first-order chi connectivity index (χ1) is 6.79. The van der Waals surface area contributed by atoms with Gasteiger partial charge in [0, 0.05) is 5.56 Å². The Morgan fingerprint density at radius 1 is 1.33 bits per heavy atom. The smallest absolute Gasteiger partial charge is 0.294 e. The molecule has 0 unspecified atom stereocenters. The monoisotopic (exact) mass is 240 g/mol. The van der Waals surface area contributed by atoms with Crippen molar-refractivity contribution in [3.8, 4) is 0 Å². The molecule has 0 saturated heterocycles. The molecule has 0 aliphatic heterocycles. The van der Waals surface area contributed by atoms with E-state index in [0.717, 1.165) is 12.1 Å². The summed E-state index contributed by atoms with van der Waals surface area (Å²) < 4.78 is 48.2. The second kappa shape index (κ2) is 4.18. The van der Waals surface area contributed by atoms with Crippen LogP contribution in [0.5, 0.6) is 0 Å². The number of halogens is 5. The third kappa shape index (κ3) is 3.51. The molecule has 0 fully saturated rings. The highest BCUT2D eigenvalue weighted by Gasteiger charge is 2.32. The van der Waals surface area contributed by atoms with Gasteiger partial charge in [-0.05, 0) is 18.2 Å². The van der Waals surface area contributed by atoms with Gasteiger partial charge in [-0.25, -0.2) is 4.39 Å². The highest BCUT2D eigenvalue weighted by molar-refractivity contribution is 6.33. The van der Waals surface area contributed by atoms with Gasteiger partial charge in [0.15, 0.2) is 5.78 Å². The molecular formula is C9H5ClF4O. The second-order valence-electron chi connectivity index (χ2n) is 2.84. The third-order valence-corrected chi connectivity index (χ3v) is 1.92. The van der Waals surface area contributed by atoms with E-state index in [4.69, 9.17) is 11.6 Å². The van der Waals surface area contributed by atoms with Crippen molar-refractivity contribution in [2.24, 2.45) is 0 Å². The van der Waals surface area contributed by atoms with Gasteiger partial charge in [-0.15, -0.1) is 0 Å². The fraction of sp³-hybridized carbons (Fsp3) is 0.222. The number of alkyl halides is 3. The van der Waals surface area contributed by atoms with Crippen LogP contribution in [0.1, 0.15) is 16.8 Å². The lowest BCUT2D eigenvalue weighted by Gasteiger charge is -2.06. The van der Waals surface area contributed by atoms with Gasteiger partial charge in [-0.1, -0.05) is 11.6 Å². The third-order valence-electron chi connectivity index (χ3n) is 1.59. The van der Waals surface area contributed by atoms with Crippen LogP contribution in [0.2, 0.25) is 5.02 Å². The zero-order valence-corrected chi connectivity index (χ0v) is 7.99. The van der Waals surface area contributed by atoms with Crippen LogP contribution in [0.4, 0.5) is 17.6 Å². The van der Waals surface area contributed by atoms with E-state index in [1.165, 1.54) is 0 Å². The predicted molar refractivity (Wildman–Crippen MR) is 46.4 cm³/mol. The molecule has 82 valence electrons. The highest BCUT2D eigenvalue weighted by Crippen LogP contribution is 2.25. The molecule has 0 bridgehead atoms. The summed E-state index contributed by atoms with van der Waals surface area (Å²) in [7, 11) is 0. The van der Waals surface area contributed by atoms with Crippen molar-refractivity contribution >= 4 is 17.4 Å². The normalized spacial score (nSPS) is 11.5. The van der Waals surface area contributed by atoms with E-state index in [9.17, 15) is 22.4 Å². The molecule has 0 radical (unpaired) electrons. The van der Waals surface area contributed by atoms with Crippen LogP contribution in [0.15, 0.2) is 18.2 Å². The molecule has 0 heterocycles. The Hall–Kier alpha value is -1.10. The molecule has 0 atom stereocenters. The van der Waals surface area contributed by atoms with Gasteiger partial charge in [0.05, 0.1) is 5.02 Å². The summed E-state index contributed by atoms with van der Waals surface area (Å²) in [6.45, 7) is 0. The number of benzene rings is 1. The molecule has 0 N–H and O–H groups in total. The molecular weight excluding hydrogens is 236 g/mol. The van der Waals surface area contributed by atoms with Gasteiger partial charge in [-0.2, -0.15) is 13.2 Å². The standard InChI is InChI=1S/C9H5ClF4O/c10-7-2-1-5(11)3-6(7)8(15)4-9(12,13)14/h1-3H,4H2. The molecule has 1 aromatic carbocycles. The average molecular weight is 241 g/mol. The van der Waals surface area contributed by atoms with E-state index in [1.54, 1.807) is 0 Å². The number of carbonyl (C=O) groups excluding carboxylic acids is 1. The second-order valence-corrected chi connectivity index (χ2v) is 3.25. The summed E-state index contributed by atoms with van der Waals surface area (Å²) in [4.78, 5) is 11.1. The van der Waals surface area contributed by atoms with E-state index in [0.29, 0.717) is 6.07 Å². The van der Waals surface area contributed by atoms with Crippen LogP contribution in [-0.4, -0.2) is 12.0 Å². The summed E-state index contributed by atoms with van der Waals surface area (Å²) in [5.41, 5.74) is -0.450. The van der Waals surface area contributed by atoms with Crippen LogP contribution in [0.25, 0.3) is 0 Å². The van der Waals surface area contributed by atoms with Crippen molar-refractivity contribution in [2.45, 2.75) is 12.6 Å². The number of ketones is 1. The van der Waals surface area contributed by atoms with E-state index in [-0.39, 0.29) is 5.02 Å². The Morgan fingerprint density at radius 3 is 2.47 bits per heavy atom. The molecule has 0 aromatic heterocycles. The molecule has 1 aromatic rings. The van der Waals surface area contributed by atoms with Gasteiger partial charge in [0.25, 0.3) is 0 Å². The zero-order chi connectivity index (χ0) is 11.6. The summed E-state index contributed by atoms with van der Waals surface area (Å²) in [5, 5.41) is -0.189. The van der Waals surface area contributed by atoms with Crippen LogP contribution >= 0.6 is 11.6 Å². The topological polar surface area (TPSA) is 17.1 Å². The van der Waals surface area contributed by atoms with Crippen molar-refractivity contribution in [3.63, 3.8) is 0 Å². The number of Topliss-reactive ketones (excluding diaryl/α,β-unsaturated/α-hetero) is 1. The first-order valence-electron chi connectivity index (χ1n) is 3.84. The first kappa shape index (κ1) is 12.0. The van der Waals surface area contributed by atoms with Gasteiger partial charge < -0.3 is 0 Å². The van der Waals surface area contributed by atoms with E-state index in [1.807, 2.05) is 0 Å². The predicted octanol–water partition coefficient (Wildman–Crippen LogP) is 3.61. The van der Waals surface area contributed by atoms with Crippen molar-refractivity contribution in [1.29, 1.82) is 0 Å². The lowest BCUT2D eigenvalue weighted by Crippen LogP contribution is -2.15. The van der Waals surface area contributed by atoms with Gasteiger partial charge in [-0.3, -0.25) is 4.79 Å². The number of hydrogen-bond acceptors (Lipinski definition) is 1. The fourth-order valence-electron chi connectivity index (χ4n) is 0.988. The zero-order valence-electron chi connectivity index (χ0n) is 7.24. The molecule has 1 rings (SSSR count). The summed E-state index contributed by atoms with van der Waals surface area (Å²) in [6.07, 6.45) is -6.26. The molecule has 0 spiro atoms. The summed E-state index contributed by atoms with van der Waals surface area (Å²) in [6, 6.07) is 2.70. The van der Waals surface area contributed by atoms with E-state index in [2.05, 4.69) is 0 Å². The SMILES string of the molecule is O=C(CC(F)(F)F)c1cc(F)ccc1Cl. The minimum absolute atomic E-state index is 0.189. The molecule has 1 nitrogen and oxygen atoms in total. The maximum atomic E-state index is 12.6. The van der Waals surface area contributed by atoms with Gasteiger partial charge >= 0.3 is 6.18 Å². The molecule has 6 heteroatoms. The first-order valence-corrected chi connectivity index (χ1v) is 4.22. The minimum Gasteiger partial charge on any atom is -0.294 e. The molecule has 0 amide bonds. The lowest BCUT2D eigenvalue weighted by atomic mass is 10.1. The Kier molecular flexibility index (Phi) is 3.34. The lowest BCUT2D eigenvalue weighted by molar-refractivity contribution is -0.125. The number of rotatable bonds is 2. The van der Waals surface area contributed by atoms with Crippen LogP contribution in [0, 0.1) is 5.82 Å². The maximum absolute atomic E-state index is 12.6. The highest BCUT2D eigenvalue weighted by atomic mass is 35.5. The van der Waals surface area contributed by atoms with E-state index < -0.39 is 29.8 Å². The molecule has 0 aliphatic rings. The van der Waals surface area contributed by atoms with Gasteiger partial charge in [0.2, 0.25) is 0 Å². The minimum atomic E-state index is -4.62.